The van der Waals surface area contributed by atoms with Gasteiger partial charge in [0.25, 0.3) is 0 Å². The second-order valence-corrected chi connectivity index (χ2v) is 7.08. The predicted octanol–water partition coefficient (Wildman–Crippen LogP) is 3.02. The molecular weight excluding hydrogens is 199 g/mol. The van der Waals surface area contributed by atoms with Crippen molar-refractivity contribution in [3.8, 4) is 0 Å². The van der Waals surface area contributed by atoms with Crippen LogP contribution in [0.1, 0.15) is 47.5 Å². The summed E-state index contributed by atoms with van der Waals surface area (Å²) in [4.78, 5) is 18.3. The Morgan fingerprint density at radius 2 is 1.71 bits per heavy atom. The van der Waals surface area contributed by atoms with Crippen molar-refractivity contribution in [3.63, 3.8) is 0 Å². The molecule has 14 heavy (non-hydrogen) atoms. The fraction of sp³-hybridized carbons (Fsp3) is 1.00. The Morgan fingerprint density at radius 1 is 1.29 bits per heavy atom. The second kappa shape index (κ2) is 4.78. The molecule has 2 atom stereocenters. The van der Waals surface area contributed by atoms with Crippen LogP contribution in [0.3, 0.4) is 0 Å². The molecule has 0 spiro atoms. The molecule has 4 heteroatoms. The molecule has 0 fully saturated rings. The zero-order valence-corrected chi connectivity index (χ0v) is 10.7. The lowest BCUT2D eigenvalue weighted by molar-refractivity contribution is 0.202. The summed E-state index contributed by atoms with van der Waals surface area (Å²) in [5.41, 5.74) is -0.584. The Bertz CT molecular complexity index is 214. The van der Waals surface area contributed by atoms with Crippen LogP contribution in [0.25, 0.3) is 0 Å². The van der Waals surface area contributed by atoms with Gasteiger partial charge >= 0.3 is 7.60 Å². The van der Waals surface area contributed by atoms with E-state index in [-0.39, 0.29) is 11.3 Å². The Kier molecular flexibility index (Phi) is 4.83. The van der Waals surface area contributed by atoms with Crippen LogP contribution in [-0.2, 0) is 4.57 Å². The topological polar surface area (TPSA) is 57.5 Å². The van der Waals surface area contributed by atoms with Crippen LogP contribution in [0.5, 0.6) is 0 Å². The van der Waals surface area contributed by atoms with E-state index in [9.17, 15) is 4.57 Å². The van der Waals surface area contributed by atoms with Gasteiger partial charge in [-0.2, -0.15) is 0 Å². The van der Waals surface area contributed by atoms with Crippen molar-refractivity contribution in [1.29, 1.82) is 0 Å². The fourth-order valence-corrected chi connectivity index (χ4v) is 3.01. The van der Waals surface area contributed by atoms with E-state index < -0.39 is 13.3 Å². The van der Waals surface area contributed by atoms with E-state index in [2.05, 4.69) is 0 Å². The van der Waals surface area contributed by atoms with E-state index in [4.69, 9.17) is 9.79 Å². The molecule has 0 aromatic rings. The van der Waals surface area contributed by atoms with Crippen molar-refractivity contribution >= 4 is 7.60 Å². The summed E-state index contributed by atoms with van der Waals surface area (Å²) in [7, 11) is -3.94. The van der Waals surface area contributed by atoms with Gasteiger partial charge in [-0.25, -0.2) is 0 Å². The van der Waals surface area contributed by atoms with Crippen molar-refractivity contribution < 1.29 is 14.4 Å². The SMILES string of the molecule is CCCC(C(C)P(=O)(O)O)C(C)(C)C. The third-order valence-corrected chi connectivity index (χ3v) is 4.25. The normalized spacial score (nSPS) is 17.9. The number of hydrogen-bond donors (Lipinski definition) is 2. The molecule has 0 aliphatic rings. The zero-order valence-electron chi connectivity index (χ0n) is 9.82. The van der Waals surface area contributed by atoms with Crippen molar-refractivity contribution in [3.05, 3.63) is 0 Å². The highest BCUT2D eigenvalue weighted by atomic mass is 31.2. The van der Waals surface area contributed by atoms with Gasteiger partial charge in [-0.05, 0) is 17.8 Å². The van der Waals surface area contributed by atoms with Gasteiger partial charge in [0.05, 0.1) is 5.66 Å². The van der Waals surface area contributed by atoms with Crippen molar-refractivity contribution in [2.45, 2.75) is 53.1 Å². The molecule has 86 valence electrons. The first-order valence-electron chi connectivity index (χ1n) is 5.16. The summed E-state index contributed by atoms with van der Waals surface area (Å²) in [6.07, 6.45) is 1.84. The molecule has 2 unspecified atom stereocenters. The van der Waals surface area contributed by atoms with Gasteiger partial charge in [-0.3, -0.25) is 4.57 Å². The Morgan fingerprint density at radius 3 is 1.93 bits per heavy atom. The Balaban J connectivity index is 4.76. The van der Waals surface area contributed by atoms with Gasteiger partial charge in [0, 0.05) is 0 Å². The van der Waals surface area contributed by atoms with Crippen molar-refractivity contribution in [2.24, 2.45) is 11.3 Å². The minimum atomic E-state index is -3.94. The smallest absolute Gasteiger partial charge is 0.324 e. The van der Waals surface area contributed by atoms with Crippen LogP contribution >= 0.6 is 7.60 Å². The van der Waals surface area contributed by atoms with E-state index in [1.54, 1.807) is 6.92 Å². The maximum absolute atomic E-state index is 11.2. The molecule has 0 aromatic heterocycles. The third-order valence-electron chi connectivity index (χ3n) is 2.82. The van der Waals surface area contributed by atoms with Gasteiger partial charge in [0.1, 0.15) is 0 Å². The van der Waals surface area contributed by atoms with E-state index >= 15 is 0 Å². The molecule has 2 N–H and O–H groups in total. The molecule has 0 bridgehead atoms. The standard InChI is InChI=1S/C10H23O3P/c1-6-7-9(10(3,4)5)8(2)14(11,12)13/h8-9H,6-7H2,1-5H3,(H2,11,12,13). The Hall–Kier alpha value is 0.150. The van der Waals surface area contributed by atoms with E-state index in [0.29, 0.717) is 0 Å². The van der Waals surface area contributed by atoms with E-state index in [1.165, 1.54) is 0 Å². The third kappa shape index (κ3) is 4.12. The lowest BCUT2D eigenvalue weighted by Gasteiger charge is -2.35. The molecule has 0 heterocycles. The van der Waals surface area contributed by atoms with Crippen molar-refractivity contribution in [2.75, 3.05) is 0 Å². The average molecular weight is 222 g/mol. The van der Waals surface area contributed by atoms with Crippen LogP contribution in [0.15, 0.2) is 0 Å². The lowest BCUT2D eigenvalue weighted by atomic mass is 9.76. The average Bonchev–Trinajstić information content (AvgIpc) is 1.94. The molecule has 0 radical (unpaired) electrons. The highest BCUT2D eigenvalue weighted by Crippen LogP contribution is 2.50. The number of rotatable bonds is 4. The monoisotopic (exact) mass is 222 g/mol. The van der Waals surface area contributed by atoms with Gasteiger partial charge in [-0.15, -0.1) is 0 Å². The van der Waals surface area contributed by atoms with E-state index in [1.807, 2.05) is 27.7 Å². The molecule has 0 rings (SSSR count). The quantitative estimate of drug-likeness (QED) is 0.719. The maximum Gasteiger partial charge on any atom is 0.328 e. The molecule has 0 aliphatic heterocycles. The summed E-state index contributed by atoms with van der Waals surface area (Å²) in [6.45, 7) is 9.83. The van der Waals surface area contributed by atoms with Crippen LogP contribution in [0, 0.1) is 11.3 Å². The van der Waals surface area contributed by atoms with Gasteiger partial charge in [0.2, 0.25) is 0 Å². The second-order valence-electron chi connectivity index (χ2n) is 5.09. The number of hydrogen-bond acceptors (Lipinski definition) is 1. The van der Waals surface area contributed by atoms with Crippen LogP contribution in [-0.4, -0.2) is 15.4 Å². The first kappa shape index (κ1) is 14.2. The molecule has 0 aliphatic carbocycles. The lowest BCUT2D eigenvalue weighted by Crippen LogP contribution is -2.30. The highest BCUT2D eigenvalue weighted by molar-refractivity contribution is 7.52. The largest absolute Gasteiger partial charge is 0.328 e. The van der Waals surface area contributed by atoms with Gasteiger partial charge in [0.15, 0.2) is 0 Å². The summed E-state index contributed by atoms with van der Waals surface area (Å²) in [5, 5.41) is 0. The molecule has 0 amide bonds. The molecule has 0 aromatic carbocycles. The first-order chi connectivity index (χ1) is 6.10. The van der Waals surface area contributed by atoms with Crippen LogP contribution in [0.4, 0.5) is 0 Å². The first-order valence-corrected chi connectivity index (χ1v) is 6.84. The zero-order chi connectivity index (χ0) is 11.6. The maximum atomic E-state index is 11.2. The Labute approximate surface area is 87.1 Å². The molecule has 0 saturated heterocycles. The molecular formula is C10H23O3P. The van der Waals surface area contributed by atoms with E-state index in [0.717, 1.165) is 12.8 Å². The van der Waals surface area contributed by atoms with Gasteiger partial charge in [-0.1, -0.05) is 41.0 Å². The van der Waals surface area contributed by atoms with Crippen molar-refractivity contribution in [1.82, 2.24) is 0 Å². The minimum Gasteiger partial charge on any atom is -0.324 e. The van der Waals surface area contributed by atoms with Crippen LogP contribution < -0.4 is 0 Å². The summed E-state index contributed by atoms with van der Waals surface area (Å²) >= 11 is 0. The predicted molar refractivity (Wildman–Crippen MR) is 59.4 cm³/mol. The van der Waals surface area contributed by atoms with Gasteiger partial charge < -0.3 is 9.79 Å². The summed E-state index contributed by atoms with van der Waals surface area (Å²) < 4.78 is 11.2. The highest BCUT2D eigenvalue weighted by Gasteiger charge is 2.37. The molecule has 3 nitrogen and oxygen atoms in total. The fourth-order valence-electron chi connectivity index (χ4n) is 1.94. The summed E-state index contributed by atoms with van der Waals surface area (Å²) in [5.74, 6) is 0.0772. The summed E-state index contributed by atoms with van der Waals surface area (Å²) in [6, 6.07) is 0. The molecule has 0 saturated carbocycles. The minimum absolute atomic E-state index is 0.0451. The van der Waals surface area contributed by atoms with Crippen LogP contribution in [0.2, 0.25) is 0 Å².